The molecule has 3 aromatic rings. The molecule has 3 N–H and O–H groups in total. The van der Waals surface area contributed by atoms with E-state index < -0.39 is 21.2 Å². The van der Waals surface area contributed by atoms with Crippen LogP contribution in [0, 0.1) is 5.41 Å². The first kappa shape index (κ1) is 25.2. The molecule has 1 aliphatic carbocycles. The van der Waals surface area contributed by atoms with Crippen LogP contribution in [0.1, 0.15) is 64.7 Å². The lowest BCUT2D eigenvalue weighted by molar-refractivity contribution is 0.0979. The molecule has 2 aliphatic rings. The summed E-state index contributed by atoms with van der Waals surface area (Å²) in [6.45, 7) is 4.19. The van der Waals surface area contributed by atoms with E-state index in [1.54, 1.807) is 12.1 Å². The fourth-order valence-corrected chi connectivity index (χ4v) is 6.21. The Balaban J connectivity index is 1.45. The van der Waals surface area contributed by atoms with Gasteiger partial charge in [-0.3, -0.25) is 14.6 Å². The van der Waals surface area contributed by atoms with Crippen molar-refractivity contribution < 1.29 is 18.0 Å². The number of sulfonamides is 1. The van der Waals surface area contributed by atoms with Gasteiger partial charge in [-0.05, 0) is 60.1 Å². The SMILES string of the molecule is CC1(C)Cc2cc(Cl)cc(C(=O)NS(=O)(=O)C3CC3)c2NC1c1cccc(NC(=O)c2cnccn2)c1. The zero-order valence-electron chi connectivity index (χ0n) is 20.3. The second-order valence-corrected chi connectivity index (χ2v) is 12.5. The third kappa shape index (κ3) is 5.30. The van der Waals surface area contributed by atoms with Crippen LogP contribution in [0.5, 0.6) is 0 Å². The minimum absolute atomic E-state index is 0.180. The Bertz CT molecular complexity index is 1490. The first-order valence-electron chi connectivity index (χ1n) is 11.9. The number of anilines is 2. The summed E-state index contributed by atoms with van der Waals surface area (Å²) in [6.07, 6.45) is 6.03. The molecule has 0 radical (unpaired) electrons. The summed E-state index contributed by atoms with van der Waals surface area (Å²) in [6, 6.07) is 10.5. The number of fused-ring (bicyclic) bond motifs is 1. The van der Waals surface area contributed by atoms with Crippen molar-refractivity contribution in [3.05, 3.63) is 82.4 Å². The Morgan fingerprint density at radius 2 is 1.89 bits per heavy atom. The molecule has 1 atom stereocenters. The Labute approximate surface area is 220 Å². The third-order valence-electron chi connectivity index (χ3n) is 6.62. The number of rotatable bonds is 6. The number of amides is 2. The van der Waals surface area contributed by atoms with E-state index in [0.717, 1.165) is 11.1 Å². The van der Waals surface area contributed by atoms with Crippen molar-refractivity contribution in [3.8, 4) is 0 Å². The molecular weight excluding hydrogens is 514 g/mol. The number of nitrogens with one attached hydrogen (secondary N) is 3. The second-order valence-electron chi connectivity index (χ2n) is 10.1. The molecule has 11 heteroatoms. The molecule has 0 bridgehead atoms. The van der Waals surface area contributed by atoms with Crippen LogP contribution in [-0.2, 0) is 16.4 Å². The van der Waals surface area contributed by atoms with Crippen LogP contribution >= 0.6 is 11.6 Å². The van der Waals surface area contributed by atoms with E-state index in [0.29, 0.717) is 35.7 Å². The Hall–Kier alpha value is -3.50. The summed E-state index contributed by atoms with van der Waals surface area (Å²) in [5.41, 5.74) is 2.92. The fourth-order valence-electron chi connectivity index (χ4n) is 4.67. The molecule has 0 spiro atoms. The molecule has 1 fully saturated rings. The van der Waals surface area contributed by atoms with Crippen LogP contribution in [0.25, 0.3) is 0 Å². The average Bonchev–Trinajstić information content (AvgIpc) is 3.69. The molecule has 1 unspecified atom stereocenters. The van der Waals surface area contributed by atoms with E-state index in [9.17, 15) is 18.0 Å². The minimum atomic E-state index is -3.72. The fraction of sp³-hybridized carbons (Fsp3) is 0.308. The van der Waals surface area contributed by atoms with Gasteiger partial charge in [0, 0.05) is 23.1 Å². The molecule has 5 rings (SSSR count). The third-order valence-corrected chi connectivity index (χ3v) is 8.65. The standard InChI is InChI=1S/C26H26ClN5O4S/c1-26(2)13-16-10-17(27)12-20(24(33)32-37(35,36)19-6-7-19)22(16)31-23(26)15-4-3-5-18(11-15)30-25(34)21-14-28-8-9-29-21/h3-5,8-12,14,19,23,31H,6-7,13H2,1-2H3,(H,30,34)(H,32,33). The molecule has 2 amide bonds. The van der Waals surface area contributed by atoms with E-state index in [1.165, 1.54) is 24.7 Å². The first-order chi connectivity index (χ1) is 17.5. The summed E-state index contributed by atoms with van der Waals surface area (Å²) in [5.74, 6) is -1.08. The maximum atomic E-state index is 13.1. The maximum Gasteiger partial charge on any atom is 0.275 e. The summed E-state index contributed by atoms with van der Waals surface area (Å²) in [7, 11) is -3.72. The number of nitrogens with zero attached hydrogens (tertiary/aromatic N) is 2. The average molecular weight is 540 g/mol. The zero-order valence-corrected chi connectivity index (χ0v) is 21.9. The molecule has 2 aromatic carbocycles. The first-order valence-corrected chi connectivity index (χ1v) is 13.8. The van der Waals surface area contributed by atoms with Crippen molar-refractivity contribution in [2.45, 2.75) is 44.4 Å². The van der Waals surface area contributed by atoms with E-state index in [1.807, 2.05) is 18.2 Å². The van der Waals surface area contributed by atoms with Gasteiger partial charge in [0.25, 0.3) is 11.8 Å². The lowest BCUT2D eigenvalue weighted by Gasteiger charge is -2.42. The predicted molar refractivity (Wildman–Crippen MR) is 141 cm³/mol. The lowest BCUT2D eigenvalue weighted by Crippen LogP contribution is -2.38. The van der Waals surface area contributed by atoms with Crippen LogP contribution < -0.4 is 15.4 Å². The molecule has 1 saturated carbocycles. The van der Waals surface area contributed by atoms with Gasteiger partial charge in [0.15, 0.2) is 0 Å². The number of hydrogen-bond acceptors (Lipinski definition) is 7. The number of carbonyl (C=O) groups is 2. The van der Waals surface area contributed by atoms with Gasteiger partial charge in [0.2, 0.25) is 10.0 Å². The maximum absolute atomic E-state index is 13.1. The molecular formula is C26H26ClN5O4S. The van der Waals surface area contributed by atoms with Crippen molar-refractivity contribution >= 4 is 44.8 Å². The molecule has 0 saturated heterocycles. The molecule has 1 aromatic heterocycles. The lowest BCUT2D eigenvalue weighted by atomic mass is 9.72. The predicted octanol–water partition coefficient (Wildman–Crippen LogP) is 4.34. The smallest absolute Gasteiger partial charge is 0.275 e. The number of aromatic nitrogens is 2. The van der Waals surface area contributed by atoms with Crippen molar-refractivity contribution in [2.24, 2.45) is 5.41 Å². The Morgan fingerprint density at radius 1 is 1.11 bits per heavy atom. The van der Waals surface area contributed by atoms with E-state index in [4.69, 9.17) is 11.6 Å². The summed E-state index contributed by atoms with van der Waals surface area (Å²) in [4.78, 5) is 33.6. The molecule has 1 aliphatic heterocycles. The quantitative estimate of drug-likeness (QED) is 0.424. The van der Waals surface area contributed by atoms with Crippen LogP contribution in [0.3, 0.4) is 0 Å². The Kier molecular flexibility index (Phi) is 6.41. The normalized spacial score (nSPS) is 18.3. The summed E-state index contributed by atoms with van der Waals surface area (Å²) >= 11 is 6.33. The largest absolute Gasteiger partial charge is 0.377 e. The van der Waals surface area contributed by atoms with Gasteiger partial charge in [-0.1, -0.05) is 37.6 Å². The highest BCUT2D eigenvalue weighted by Crippen LogP contribution is 2.47. The van der Waals surface area contributed by atoms with Crippen LogP contribution in [0.4, 0.5) is 11.4 Å². The van der Waals surface area contributed by atoms with E-state index in [2.05, 4.69) is 39.2 Å². The van der Waals surface area contributed by atoms with Gasteiger partial charge in [-0.25, -0.2) is 18.1 Å². The summed E-state index contributed by atoms with van der Waals surface area (Å²) < 4.78 is 27.0. The minimum Gasteiger partial charge on any atom is -0.377 e. The van der Waals surface area contributed by atoms with Gasteiger partial charge in [-0.15, -0.1) is 0 Å². The molecule has 192 valence electrons. The topological polar surface area (TPSA) is 130 Å². The van der Waals surface area contributed by atoms with Crippen LogP contribution in [0.2, 0.25) is 5.02 Å². The van der Waals surface area contributed by atoms with Gasteiger partial charge in [0.1, 0.15) is 5.69 Å². The van der Waals surface area contributed by atoms with Crippen molar-refractivity contribution in [1.82, 2.24) is 14.7 Å². The molecule has 37 heavy (non-hydrogen) atoms. The van der Waals surface area contributed by atoms with Gasteiger partial charge >= 0.3 is 0 Å². The van der Waals surface area contributed by atoms with Crippen molar-refractivity contribution in [3.63, 3.8) is 0 Å². The Morgan fingerprint density at radius 3 is 2.59 bits per heavy atom. The van der Waals surface area contributed by atoms with Gasteiger partial charge in [-0.2, -0.15) is 0 Å². The molecule has 2 heterocycles. The van der Waals surface area contributed by atoms with Crippen LogP contribution in [-0.4, -0.2) is 35.5 Å². The van der Waals surface area contributed by atoms with Crippen LogP contribution in [0.15, 0.2) is 55.0 Å². The number of benzene rings is 2. The highest BCUT2D eigenvalue weighted by atomic mass is 35.5. The van der Waals surface area contributed by atoms with Crippen molar-refractivity contribution in [1.29, 1.82) is 0 Å². The second kappa shape index (κ2) is 9.42. The number of halogens is 1. The van der Waals surface area contributed by atoms with E-state index in [-0.39, 0.29) is 28.6 Å². The highest BCUT2D eigenvalue weighted by molar-refractivity contribution is 7.91. The summed E-state index contributed by atoms with van der Waals surface area (Å²) in [5, 5.41) is 6.16. The number of carbonyl (C=O) groups excluding carboxylic acids is 2. The monoisotopic (exact) mass is 539 g/mol. The highest BCUT2D eigenvalue weighted by Gasteiger charge is 2.40. The number of hydrogen-bond donors (Lipinski definition) is 3. The zero-order chi connectivity index (χ0) is 26.4. The van der Waals surface area contributed by atoms with Gasteiger partial charge < -0.3 is 10.6 Å². The molecule has 9 nitrogen and oxygen atoms in total. The van der Waals surface area contributed by atoms with Gasteiger partial charge in [0.05, 0.1) is 28.7 Å². The van der Waals surface area contributed by atoms with E-state index >= 15 is 0 Å². The van der Waals surface area contributed by atoms with Crippen molar-refractivity contribution in [2.75, 3.05) is 10.6 Å².